The topological polar surface area (TPSA) is 84.2 Å². The van der Waals surface area contributed by atoms with Gasteiger partial charge in [0.25, 0.3) is 5.91 Å². The smallest absolute Gasteiger partial charge is 0.335 e. The SMILES string of the molecule is O=C(O)c1ccc(C2(NC(=O)c3cc(-c4cc(F)cc(F)c4)cc4cnn(Cc5cccc(-c6ccccc6)c5)c34)CC2)cc1. The van der Waals surface area contributed by atoms with Crippen molar-refractivity contribution in [1.29, 1.82) is 0 Å². The maximum Gasteiger partial charge on any atom is 0.335 e. The fourth-order valence-electron chi connectivity index (χ4n) is 5.89. The molecule has 0 radical (unpaired) electrons. The monoisotopic (exact) mass is 599 g/mol. The fourth-order valence-corrected chi connectivity index (χ4v) is 5.89. The summed E-state index contributed by atoms with van der Waals surface area (Å²) in [6.45, 7) is 0.389. The number of carbonyl (C=O) groups is 2. The van der Waals surface area contributed by atoms with E-state index in [4.69, 9.17) is 0 Å². The Bertz CT molecular complexity index is 2060. The Labute approximate surface area is 257 Å². The van der Waals surface area contributed by atoms with E-state index < -0.39 is 23.1 Å². The van der Waals surface area contributed by atoms with E-state index in [2.05, 4.69) is 16.5 Å². The molecule has 7 rings (SSSR count). The van der Waals surface area contributed by atoms with Crippen molar-refractivity contribution < 1.29 is 23.5 Å². The van der Waals surface area contributed by atoms with Gasteiger partial charge in [-0.25, -0.2) is 13.6 Å². The lowest BCUT2D eigenvalue weighted by atomic mass is 9.98. The molecule has 1 aliphatic carbocycles. The molecular formula is C37H27F2N3O3. The highest BCUT2D eigenvalue weighted by atomic mass is 19.1. The van der Waals surface area contributed by atoms with Gasteiger partial charge in [0, 0.05) is 11.5 Å². The number of rotatable bonds is 8. The predicted molar refractivity (Wildman–Crippen MR) is 168 cm³/mol. The summed E-state index contributed by atoms with van der Waals surface area (Å²) in [4.78, 5) is 25.5. The Hall–Kier alpha value is -5.63. The van der Waals surface area contributed by atoms with Gasteiger partial charge in [-0.3, -0.25) is 9.48 Å². The van der Waals surface area contributed by atoms with Gasteiger partial charge in [0.15, 0.2) is 0 Å². The van der Waals surface area contributed by atoms with Crippen molar-refractivity contribution >= 4 is 22.8 Å². The number of benzene rings is 5. The normalized spacial score (nSPS) is 13.5. The van der Waals surface area contributed by atoms with Gasteiger partial charge in [0.2, 0.25) is 0 Å². The van der Waals surface area contributed by atoms with E-state index in [-0.39, 0.29) is 11.5 Å². The van der Waals surface area contributed by atoms with E-state index in [1.54, 1.807) is 35.1 Å². The molecule has 0 unspecified atom stereocenters. The molecule has 1 aromatic heterocycles. The third-order valence-corrected chi connectivity index (χ3v) is 8.33. The number of amides is 1. The molecule has 0 atom stereocenters. The van der Waals surface area contributed by atoms with Crippen molar-refractivity contribution in [3.05, 3.63) is 149 Å². The molecule has 0 spiro atoms. The molecule has 222 valence electrons. The summed E-state index contributed by atoms with van der Waals surface area (Å²) in [5.41, 5.74) is 5.16. The average Bonchev–Trinajstić information content (AvgIpc) is 3.72. The lowest BCUT2D eigenvalue weighted by molar-refractivity contribution is 0.0696. The molecule has 0 saturated heterocycles. The minimum Gasteiger partial charge on any atom is -0.478 e. The minimum absolute atomic E-state index is 0.165. The number of halogens is 2. The molecule has 8 heteroatoms. The second-order valence-corrected chi connectivity index (χ2v) is 11.4. The molecule has 1 fully saturated rings. The highest BCUT2D eigenvalue weighted by Gasteiger charge is 2.46. The predicted octanol–water partition coefficient (Wildman–Crippen LogP) is 7.81. The molecule has 0 bridgehead atoms. The Kier molecular flexibility index (Phi) is 6.97. The number of nitrogens with zero attached hydrogens (tertiary/aromatic N) is 2. The summed E-state index contributed by atoms with van der Waals surface area (Å²) in [6, 6.07) is 31.4. The van der Waals surface area contributed by atoms with E-state index in [0.29, 0.717) is 47.0 Å². The molecule has 5 aromatic carbocycles. The summed E-state index contributed by atoms with van der Waals surface area (Å²) in [5.74, 6) is -2.82. The number of carboxylic acids is 1. The quantitative estimate of drug-likeness (QED) is 0.187. The zero-order valence-corrected chi connectivity index (χ0v) is 24.0. The van der Waals surface area contributed by atoms with E-state index >= 15 is 0 Å². The van der Waals surface area contributed by atoms with Crippen LogP contribution in [0.3, 0.4) is 0 Å². The molecule has 6 aromatic rings. The van der Waals surface area contributed by atoms with Crippen molar-refractivity contribution in [2.45, 2.75) is 24.9 Å². The molecule has 0 aliphatic heterocycles. The number of hydrogen-bond acceptors (Lipinski definition) is 3. The van der Waals surface area contributed by atoms with Gasteiger partial charge in [-0.1, -0.05) is 60.7 Å². The maximum absolute atomic E-state index is 14.2. The second-order valence-electron chi connectivity index (χ2n) is 11.4. The van der Waals surface area contributed by atoms with Crippen LogP contribution >= 0.6 is 0 Å². The zero-order chi connectivity index (χ0) is 31.1. The first-order valence-electron chi connectivity index (χ1n) is 14.5. The molecule has 2 N–H and O–H groups in total. The van der Waals surface area contributed by atoms with E-state index in [0.717, 1.165) is 28.3 Å². The summed E-state index contributed by atoms with van der Waals surface area (Å²) in [6.07, 6.45) is 3.03. The van der Waals surface area contributed by atoms with E-state index in [1.165, 1.54) is 24.3 Å². The van der Waals surface area contributed by atoms with Crippen LogP contribution in [0.4, 0.5) is 8.78 Å². The first-order valence-corrected chi connectivity index (χ1v) is 14.5. The van der Waals surface area contributed by atoms with Crippen LogP contribution in [-0.2, 0) is 12.1 Å². The van der Waals surface area contributed by atoms with Crippen LogP contribution in [0.2, 0.25) is 0 Å². The Morgan fingerprint density at radius 2 is 1.47 bits per heavy atom. The van der Waals surface area contributed by atoms with Crippen molar-refractivity contribution in [2.24, 2.45) is 0 Å². The highest BCUT2D eigenvalue weighted by Crippen LogP contribution is 2.46. The number of aromatic nitrogens is 2. The molecule has 6 nitrogen and oxygen atoms in total. The number of aromatic carboxylic acids is 1. The zero-order valence-electron chi connectivity index (χ0n) is 24.0. The summed E-state index contributed by atoms with van der Waals surface area (Å²) in [7, 11) is 0. The van der Waals surface area contributed by atoms with Crippen molar-refractivity contribution in [1.82, 2.24) is 15.1 Å². The van der Waals surface area contributed by atoms with Gasteiger partial charge in [0.05, 0.1) is 34.9 Å². The van der Waals surface area contributed by atoms with Gasteiger partial charge < -0.3 is 10.4 Å². The standard InChI is InChI=1S/C37H27F2N3O3/c38-31-17-28(18-32(39)20-31)27-16-29-21-40-42(22-23-5-4-8-26(15-23)24-6-2-1-3-7-24)34(29)33(19-27)35(43)41-37(13-14-37)30-11-9-25(10-12-30)36(44)45/h1-12,15-21H,13-14,22H2,(H,41,43)(H,44,45). The molecule has 1 aliphatic rings. The van der Waals surface area contributed by atoms with Crippen LogP contribution in [-0.4, -0.2) is 26.8 Å². The molecule has 1 amide bonds. The summed E-state index contributed by atoms with van der Waals surface area (Å²) < 4.78 is 30.2. The number of carbonyl (C=O) groups excluding carboxylic acids is 1. The third kappa shape index (κ3) is 5.58. The lowest BCUT2D eigenvalue weighted by Gasteiger charge is -2.19. The lowest BCUT2D eigenvalue weighted by Crippen LogP contribution is -2.35. The van der Waals surface area contributed by atoms with Gasteiger partial charge in [-0.15, -0.1) is 0 Å². The van der Waals surface area contributed by atoms with Gasteiger partial charge in [0.1, 0.15) is 11.6 Å². The largest absolute Gasteiger partial charge is 0.478 e. The molecule has 1 heterocycles. The van der Waals surface area contributed by atoms with Crippen LogP contribution in [0, 0.1) is 11.6 Å². The first-order chi connectivity index (χ1) is 21.8. The van der Waals surface area contributed by atoms with Crippen molar-refractivity contribution in [3.63, 3.8) is 0 Å². The Balaban J connectivity index is 1.29. The fraction of sp³-hybridized carbons (Fsp3) is 0.108. The van der Waals surface area contributed by atoms with Gasteiger partial charge in [-0.05, 0) is 88.7 Å². The van der Waals surface area contributed by atoms with Crippen LogP contribution in [0.1, 0.15) is 44.7 Å². The van der Waals surface area contributed by atoms with E-state index in [1.807, 2.05) is 48.5 Å². The minimum atomic E-state index is -1.02. The van der Waals surface area contributed by atoms with Crippen LogP contribution < -0.4 is 5.32 Å². The van der Waals surface area contributed by atoms with Crippen molar-refractivity contribution in [3.8, 4) is 22.3 Å². The molecular weight excluding hydrogens is 572 g/mol. The Morgan fingerprint density at radius 3 is 2.16 bits per heavy atom. The van der Waals surface area contributed by atoms with Gasteiger partial charge in [-0.2, -0.15) is 5.10 Å². The third-order valence-electron chi connectivity index (χ3n) is 8.33. The first kappa shape index (κ1) is 28.2. The highest BCUT2D eigenvalue weighted by molar-refractivity contribution is 6.08. The molecule has 45 heavy (non-hydrogen) atoms. The van der Waals surface area contributed by atoms with Gasteiger partial charge >= 0.3 is 5.97 Å². The second kappa shape index (κ2) is 11.1. The Morgan fingerprint density at radius 1 is 0.778 bits per heavy atom. The molecule has 1 saturated carbocycles. The number of nitrogens with one attached hydrogen (secondary N) is 1. The summed E-state index contributed by atoms with van der Waals surface area (Å²) >= 11 is 0. The van der Waals surface area contributed by atoms with Crippen LogP contribution in [0.25, 0.3) is 33.2 Å². The van der Waals surface area contributed by atoms with E-state index in [9.17, 15) is 23.5 Å². The summed E-state index contributed by atoms with van der Waals surface area (Å²) in [5, 5.41) is 17.8. The number of fused-ring (bicyclic) bond motifs is 1. The average molecular weight is 600 g/mol. The van der Waals surface area contributed by atoms with Crippen LogP contribution in [0.5, 0.6) is 0 Å². The number of carboxylic acid groups (broad SMARTS) is 1. The van der Waals surface area contributed by atoms with Crippen molar-refractivity contribution in [2.75, 3.05) is 0 Å². The number of hydrogen-bond donors (Lipinski definition) is 2. The van der Waals surface area contributed by atoms with Crippen LogP contribution in [0.15, 0.2) is 115 Å². The maximum atomic E-state index is 14.2.